The Morgan fingerprint density at radius 2 is 1.34 bits per heavy atom. The van der Waals surface area contributed by atoms with Crippen molar-refractivity contribution in [2.24, 2.45) is 23.7 Å². The van der Waals surface area contributed by atoms with Crippen molar-refractivity contribution in [3.8, 4) is 0 Å². The molecule has 8 heteroatoms. The third-order valence-electron chi connectivity index (χ3n) is 6.60. The van der Waals surface area contributed by atoms with E-state index in [4.69, 9.17) is 19.3 Å². The maximum absolute atomic E-state index is 12.5. The lowest BCUT2D eigenvalue weighted by molar-refractivity contribution is -0.157. The van der Waals surface area contributed by atoms with Gasteiger partial charge < -0.3 is 19.3 Å². The van der Waals surface area contributed by atoms with Gasteiger partial charge in [-0.25, -0.2) is 9.59 Å². The number of rotatable bonds is 11. The summed E-state index contributed by atoms with van der Waals surface area (Å²) in [7, 11) is 0. The fourth-order valence-corrected chi connectivity index (χ4v) is 4.70. The Balaban J connectivity index is 1.70. The van der Waals surface area contributed by atoms with E-state index in [9.17, 15) is 19.2 Å². The maximum atomic E-state index is 12.5. The Bertz CT molecular complexity index is 684. The number of ether oxygens (including phenoxy) is 3. The van der Waals surface area contributed by atoms with Gasteiger partial charge in [0, 0.05) is 18.6 Å². The summed E-state index contributed by atoms with van der Waals surface area (Å²) in [6.07, 6.45) is 8.37. The summed E-state index contributed by atoms with van der Waals surface area (Å²) in [5.74, 6) is -1.45. The Morgan fingerprint density at radius 1 is 0.812 bits per heavy atom. The SMILES string of the molecule is C=CC(=O)OCC(CCOC(=O)C1CCC(C2CCC(C(=O)O)CC2)CC1)OC(=O)C=C. The van der Waals surface area contributed by atoms with Crippen molar-refractivity contribution in [2.45, 2.75) is 63.9 Å². The molecule has 2 aliphatic carbocycles. The normalized spacial score (nSPS) is 26.2. The van der Waals surface area contributed by atoms with Crippen LogP contribution in [0.15, 0.2) is 25.3 Å². The number of aliphatic carboxylic acids is 1. The zero-order chi connectivity index (χ0) is 23.5. The van der Waals surface area contributed by atoms with E-state index in [-0.39, 0.29) is 37.4 Å². The second-order valence-electron chi connectivity index (χ2n) is 8.62. The van der Waals surface area contributed by atoms with E-state index in [1.165, 1.54) is 0 Å². The second-order valence-corrected chi connectivity index (χ2v) is 8.62. The minimum atomic E-state index is -0.742. The van der Waals surface area contributed by atoms with Crippen LogP contribution < -0.4 is 0 Å². The zero-order valence-electron chi connectivity index (χ0n) is 18.5. The van der Waals surface area contributed by atoms with Crippen molar-refractivity contribution in [1.29, 1.82) is 0 Å². The largest absolute Gasteiger partial charge is 0.481 e. The molecule has 0 aromatic heterocycles. The number of hydrogen-bond donors (Lipinski definition) is 1. The summed E-state index contributed by atoms with van der Waals surface area (Å²) in [6, 6.07) is 0. The third-order valence-corrected chi connectivity index (χ3v) is 6.60. The van der Waals surface area contributed by atoms with Crippen molar-refractivity contribution >= 4 is 23.9 Å². The molecule has 0 heterocycles. The molecule has 2 saturated carbocycles. The van der Waals surface area contributed by atoms with Gasteiger partial charge in [-0.2, -0.15) is 0 Å². The van der Waals surface area contributed by atoms with Crippen molar-refractivity contribution in [3.63, 3.8) is 0 Å². The van der Waals surface area contributed by atoms with Crippen LogP contribution in [0.1, 0.15) is 57.8 Å². The Morgan fingerprint density at radius 3 is 1.84 bits per heavy atom. The highest BCUT2D eigenvalue weighted by molar-refractivity contribution is 5.82. The summed E-state index contributed by atoms with van der Waals surface area (Å²) in [5, 5.41) is 9.15. The molecule has 0 saturated heterocycles. The van der Waals surface area contributed by atoms with Crippen molar-refractivity contribution in [1.82, 2.24) is 0 Å². The fourth-order valence-electron chi connectivity index (χ4n) is 4.70. The molecule has 0 radical (unpaired) electrons. The summed E-state index contributed by atoms with van der Waals surface area (Å²) in [5.41, 5.74) is 0. The molecule has 0 amide bonds. The van der Waals surface area contributed by atoms with Crippen LogP contribution in [0.5, 0.6) is 0 Å². The molecule has 0 aromatic carbocycles. The van der Waals surface area contributed by atoms with Crippen LogP contribution in [0.3, 0.4) is 0 Å². The molecular formula is C24H34O8. The minimum Gasteiger partial charge on any atom is -0.481 e. The molecule has 0 bridgehead atoms. The lowest BCUT2D eigenvalue weighted by Crippen LogP contribution is -2.31. The first-order valence-corrected chi connectivity index (χ1v) is 11.4. The summed E-state index contributed by atoms with van der Waals surface area (Å²) < 4.78 is 15.4. The van der Waals surface area contributed by atoms with Crippen LogP contribution in [-0.2, 0) is 33.4 Å². The predicted octanol–water partition coefficient (Wildman–Crippen LogP) is 3.44. The third kappa shape index (κ3) is 8.13. The average Bonchev–Trinajstić information content (AvgIpc) is 2.82. The van der Waals surface area contributed by atoms with E-state index in [1.54, 1.807) is 0 Å². The molecule has 2 rings (SSSR count). The zero-order valence-corrected chi connectivity index (χ0v) is 18.5. The molecule has 1 atom stereocenters. The van der Waals surface area contributed by atoms with E-state index in [0.29, 0.717) is 11.8 Å². The molecule has 0 aliphatic heterocycles. The first-order chi connectivity index (χ1) is 15.3. The molecule has 0 aromatic rings. The minimum absolute atomic E-state index is 0.0543. The van der Waals surface area contributed by atoms with Gasteiger partial charge in [0.1, 0.15) is 12.7 Å². The smallest absolute Gasteiger partial charge is 0.330 e. The van der Waals surface area contributed by atoms with Crippen molar-refractivity contribution in [2.75, 3.05) is 13.2 Å². The molecule has 8 nitrogen and oxygen atoms in total. The van der Waals surface area contributed by atoms with Crippen LogP contribution in [0.2, 0.25) is 0 Å². The molecule has 2 fully saturated rings. The van der Waals surface area contributed by atoms with Gasteiger partial charge >= 0.3 is 23.9 Å². The molecule has 1 unspecified atom stereocenters. The number of hydrogen-bond acceptors (Lipinski definition) is 7. The number of carbonyl (C=O) groups excluding carboxylic acids is 3. The van der Waals surface area contributed by atoms with E-state index in [2.05, 4.69) is 13.2 Å². The average molecular weight is 451 g/mol. The van der Waals surface area contributed by atoms with Crippen LogP contribution >= 0.6 is 0 Å². The number of carboxylic acid groups (broad SMARTS) is 1. The van der Waals surface area contributed by atoms with Gasteiger partial charge in [-0.1, -0.05) is 13.2 Å². The number of carboxylic acids is 1. The standard InChI is InChI=1S/C24H34O8/c1-3-21(25)31-15-20(32-22(26)4-2)13-14-30-24(29)19-11-7-17(8-12-19)16-5-9-18(10-6-16)23(27)28/h3-4,16-20H,1-2,5-15H2,(H,27,28). The van der Waals surface area contributed by atoms with Crippen LogP contribution in [0.4, 0.5) is 0 Å². The summed E-state index contributed by atoms with van der Waals surface area (Å²) >= 11 is 0. The fraction of sp³-hybridized carbons (Fsp3) is 0.667. The van der Waals surface area contributed by atoms with E-state index in [1.807, 2.05) is 0 Å². The summed E-state index contributed by atoms with van der Waals surface area (Å²) in [4.78, 5) is 46.3. The molecular weight excluding hydrogens is 416 g/mol. The van der Waals surface area contributed by atoms with Gasteiger partial charge in [0.05, 0.1) is 18.4 Å². The van der Waals surface area contributed by atoms with Gasteiger partial charge in [0.25, 0.3) is 0 Å². The molecule has 32 heavy (non-hydrogen) atoms. The quantitative estimate of drug-likeness (QED) is 0.289. The maximum Gasteiger partial charge on any atom is 0.330 e. The van der Waals surface area contributed by atoms with Gasteiger partial charge in [0.15, 0.2) is 0 Å². The van der Waals surface area contributed by atoms with Crippen LogP contribution in [0.25, 0.3) is 0 Å². The molecule has 1 N–H and O–H groups in total. The van der Waals surface area contributed by atoms with E-state index in [0.717, 1.165) is 63.5 Å². The lowest BCUT2D eigenvalue weighted by atomic mass is 9.69. The molecule has 2 aliphatic rings. The first kappa shape index (κ1) is 25.6. The van der Waals surface area contributed by atoms with Gasteiger partial charge in [-0.3, -0.25) is 9.59 Å². The van der Waals surface area contributed by atoms with Crippen molar-refractivity contribution in [3.05, 3.63) is 25.3 Å². The second kappa shape index (κ2) is 13.0. The van der Waals surface area contributed by atoms with Gasteiger partial charge in [-0.15, -0.1) is 0 Å². The predicted molar refractivity (Wildman–Crippen MR) is 115 cm³/mol. The summed E-state index contributed by atoms with van der Waals surface area (Å²) in [6.45, 7) is 6.54. The Kier molecular flexibility index (Phi) is 10.4. The molecule has 0 spiro atoms. The van der Waals surface area contributed by atoms with E-state index < -0.39 is 24.0 Å². The van der Waals surface area contributed by atoms with Gasteiger partial charge in [-0.05, 0) is 63.2 Å². The number of carbonyl (C=O) groups is 4. The Hall–Kier alpha value is -2.64. The molecule has 178 valence electrons. The highest BCUT2D eigenvalue weighted by atomic mass is 16.6. The highest BCUT2D eigenvalue weighted by Crippen LogP contribution is 2.41. The first-order valence-electron chi connectivity index (χ1n) is 11.4. The number of esters is 3. The van der Waals surface area contributed by atoms with E-state index >= 15 is 0 Å². The van der Waals surface area contributed by atoms with Gasteiger partial charge in [0.2, 0.25) is 0 Å². The Labute approximate surface area is 189 Å². The van der Waals surface area contributed by atoms with Crippen LogP contribution in [0, 0.1) is 23.7 Å². The van der Waals surface area contributed by atoms with Crippen LogP contribution in [-0.4, -0.2) is 48.3 Å². The topological polar surface area (TPSA) is 116 Å². The lowest BCUT2D eigenvalue weighted by Gasteiger charge is -2.36. The highest BCUT2D eigenvalue weighted by Gasteiger charge is 2.34. The monoisotopic (exact) mass is 450 g/mol. The van der Waals surface area contributed by atoms with Crippen molar-refractivity contribution < 1.29 is 38.5 Å².